The summed E-state index contributed by atoms with van der Waals surface area (Å²) in [6, 6.07) is 17.7. The number of aromatic nitrogens is 3. The van der Waals surface area contributed by atoms with E-state index in [9.17, 15) is 8.42 Å². The number of rotatable bonds is 3. The maximum absolute atomic E-state index is 13.1. The quantitative estimate of drug-likeness (QED) is 0.580. The van der Waals surface area contributed by atoms with E-state index in [0.717, 1.165) is 5.56 Å². The third kappa shape index (κ3) is 2.53. The van der Waals surface area contributed by atoms with Crippen molar-refractivity contribution in [3.63, 3.8) is 0 Å². The SMILES string of the molecule is Cc1nc(-c2ccccc2)c2[nH]c(N)c(S(=O)(=O)c3ccccc3)c2n1. The van der Waals surface area contributed by atoms with Gasteiger partial charge in [0.15, 0.2) is 0 Å². The van der Waals surface area contributed by atoms with Crippen molar-refractivity contribution in [3.05, 3.63) is 66.5 Å². The summed E-state index contributed by atoms with van der Waals surface area (Å²) in [5.74, 6) is 0.529. The lowest BCUT2D eigenvalue weighted by Gasteiger charge is -2.06. The number of aryl methyl sites for hydroxylation is 1. The van der Waals surface area contributed by atoms with E-state index in [1.807, 2.05) is 30.3 Å². The Hall–Kier alpha value is -3.19. The highest BCUT2D eigenvalue weighted by atomic mass is 32.2. The van der Waals surface area contributed by atoms with Crippen LogP contribution in [0.1, 0.15) is 5.82 Å². The van der Waals surface area contributed by atoms with E-state index >= 15 is 0 Å². The summed E-state index contributed by atoms with van der Waals surface area (Å²) in [5, 5.41) is 0. The number of hydrogen-bond donors (Lipinski definition) is 2. The molecule has 2 heterocycles. The molecular weight excluding hydrogens is 348 g/mol. The molecule has 0 spiro atoms. The van der Waals surface area contributed by atoms with Crippen molar-refractivity contribution in [2.45, 2.75) is 16.7 Å². The van der Waals surface area contributed by atoms with E-state index < -0.39 is 9.84 Å². The van der Waals surface area contributed by atoms with E-state index in [1.54, 1.807) is 37.3 Å². The van der Waals surface area contributed by atoms with E-state index in [1.165, 1.54) is 0 Å². The zero-order valence-electron chi connectivity index (χ0n) is 14.0. The summed E-state index contributed by atoms with van der Waals surface area (Å²) < 4.78 is 26.3. The van der Waals surface area contributed by atoms with Gasteiger partial charge in [-0.2, -0.15) is 0 Å². The molecule has 0 unspecified atom stereocenters. The first-order valence-electron chi connectivity index (χ1n) is 8.00. The van der Waals surface area contributed by atoms with Crippen LogP contribution in [0.5, 0.6) is 0 Å². The van der Waals surface area contributed by atoms with Crippen LogP contribution in [0.25, 0.3) is 22.3 Å². The summed E-state index contributed by atoms with van der Waals surface area (Å²) in [6.07, 6.45) is 0. The Labute approximate surface area is 150 Å². The molecule has 0 saturated heterocycles. The lowest BCUT2D eigenvalue weighted by atomic mass is 10.1. The number of sulfone groups is 1. The predicted octanol–water partition coefficient (Wildman–Crippen LogP) is 3.35. The van der Waals surface area contributed by atoms with Gasteiger partial charge < -0.3 is 10.7 Å². The molecule has 0 aliphatic rings. The van der Waals surface area contributed by atoms with Crippen molar-refractivity contribution in [3.8, 4) is 11.3 Å². The molecule has 7 heteroatoms. The van der Waals surface area contributed by atoms with Gasteiger partial charge in [-0.15, -0.1) is 0 Å². The molecule has 0 amide bonds. The van der Waals surface area contributed by atoms with Crippen LogP contribution in [-0.2, 0) is 9.84 Å². The van der Waals surface area contributed by atoms with Crippen molar-refractivity contribution in [1.82, 2.24) is 15.0 Å². The lowest BCUT2D eigenvalue weighted by Crippen LogP contribution is -2.05. The highest BCUT2D eigenvalue weighted by Gasteiger charge is 2.28. The van der Waals surface area contributed by atoms with E-state index in [0.29, 0.717) is 22.6 Å². The van der Waals surface area contributed by atoms with Crippen LogP contribution in [0.4, 0.5) is 5.82 Å². The number of anilines is 1. The molecule has 4 rings (SSSR count). The Morgan fingerprint density at radius 3 is 2.19 bits per heavy atom. The molecule has 2 aromatic carbocycles. The first-order chi connectivity index (χ1) is 12.5. The van der Waals surface area contributed by atoms with E-state index in [2.05, 4.69) is 15.0 Å². The normalized spacial score (nSPS) is 11.7. The van der Waals surface area contributed by atoms with Crippen LogP contribution in [-0.4, -0.2) is 23.4 Å². The average molecular weight is 364 g/mol. The van der Waals surface area contributed by atoms with Gasteiger partial charge in [-0.1, -0.05) is 48.5 Å². The maximum atomic E-state index is 13.1. The van der Waals surface area contributed by atoms with Crippen LogP contribution >= 0.6 is 0 Å². The fraction of sp³-hybridized carbons (Fsp3) is 0.0526. The minimum absolute atomic E-state index is 0.0126. The molecule has 2 aromatic heterocycles. The fourth-order valence-electron chi connectivity index (χ4n) is 2.97. The first kappa shape index (κ1) is 16.3. The van der Waals surface area contributed by atoms with Crippen LogP contribution in [0.2, 0.25) is 0 Å². The van der Waals surface area contributed by atoms with Gasteiger partial charge in [-0.05, 0) is 19.1 Å². The summed E-state index contributed by atoms with van der Waals surface area (Å²) >= 11 is 0. The van der Waals surface area contributed by atoms with Crippen molar-refractivity contribution in [2.24, 2.45) is 0 Å². The standard InChI is InChI=1S/C19H16N4O2S/c1-12-21-15(13-8-4-2-5-9-13)16-17(22-12)18(19(20)23-16)26(24,25)14-10-6-3-7-11-14/h2-11,23H,20H2,1H3. The molecule has 0 aliphatic carbocycles. The minimum atomic E-state index is -3.82. The van der Waals surface area contributed by atoms with Crippen LogP contribution in [0, 0.1) is 6.92 Å². The predicted molar refractivity (Wildman–Crippen MR) is 100 cm³/mol. The highest BCUT2D eigenvalue weighted by molar-refractivity contribution is 7.92. The van der Waals surface area contributed by atoms with Gasteiger partial charge in [0.05, 0.1) is 16.1 Å². The summed E-state index contributed by atoms with van der Waals surface area (Å²) in [7, 11) is -3.82. The number of nitrogens with one attached hydrogen (secondary N) is 1. The number of hydrogen-bond acceptors (Lipinski definition) is 5. The third-order valence-electron chi connectivity index (χ3n) is 4.11. The maximum Gasteiger partial charge on any atom is 0.212 e. The molecule has 0 fully saturated rings. The molecular formula is C19H16N4O2S. The highest BCUT2D eigenvalue weighted by Crippen LogP contribution is 2.35. The van der Waals surface area contributed by atoms with Crippen molar-refractivity contribution >= 4 is 26.7 Å². The number of benzene rings is 2. The lowest BCUT2D eigenvalue weighted by molar-refractivity contribution is 0.597. The molecule has 4 aromatic rings. The first-order valence-corrected chi connectivity index (χ1v) is 9.48. The molecule has 0 atom stereocenters. The molecule has 6 nitrogen and oxygen atoms in total. The fourth-order valence-corrected chi connectivity index (χ4v) is 4.46. The summed E-state index contributed by atoms with van der Waals surface area (Å²) in [4.78, 5) is 12.0. The molecule has 0 bridgehead atoms. The van der Waals surface area contributed by atoms with Gasteiger partial charge in [0.1, 0.15) is 22.1 Å². The number of nitrogens with two attached hydrogens (primary N) is 1. The molecule has 3 N–H and O–H groups in total. The topological polar surface area (TPSA) is 102 Å². The molecule has 0 aliphatic heterocycles. The van der Waals surface area contributed by atoms with Crippen molar-refractivity contribution < 1.29 is 8.42 Å². The number of aromatic amines is 1. The molecule has 130 valence electrons. The minimum Gasteiger partial charge on any atom is -0.384 e. The van der Waals surface area contributed by atoms with Gasteiger partial charge in [-0.25, -0.2) is 18.4 Å². The van der Waals surface area contributed by atoms with Crippen LogP contribution < -0.4 is 5.73 Å². The Balaban J connectivity index is 2.05. The van der Waals surface area contributed by atoms with Crippen molar-refractivity contribution in [2.75, 3.05) is 5.73 Å². The second kappa shape index (κ2) is 5.96. The number of fused-ring (bicyclic) bond motifs is 1. The summed E-state index contributed by atoms with van der Waals surface area (Å²) in [5.41, 5.74) is 8.36. The third-order valence-corrected chi connectivity index (χ3v) is 5.95. The summed E-state index contributed by atoms with van der Waals surface area (Å²) in [6.45, 7) is 1.73. The van der Waals surface area contributed by atoms with Crippen LogP contribution in [0.3, 0.4) is 0 Å². The molecule has 26 heavy (non-hydrogen) atoms. The molecule has 0 saturated carbocycles. The largest absolute Gasteiger partial charge is 0.384 e. The Morgan fingerprint density at radius 1 is 0.923 bits per heavy atom. The Morgan fingerprint density at radius 2 is 1.54 bits per heavy atom. The number of H-pyrrole nitrogens is 1. The Bertz CT molecular complexity index is 1200. The Kier molecular flexibility index (Phi) is 3.73. The zero-order chi connectivity index (χ0) is 18.3. The van der Waals surface area contributed by atoms with Crippen LogP contribution in [0.15, 0.2) is 70.5 Å². The second-order valence-corrected chi connectivity index (χ2v) is 7.78. The van der Waals surface area contributed by atoms with Crippen molar-refractivity contribution in [1.29, 1.82) is 0 Å². The van der Waals surface area contributed by atoms with Gasteiger partial charge in [0.25, 0.3) is 0 Å². The van der Waals surface area contributed by atoms with Gasteiger partial charge in [-0.3, -0.25) is 0 Å². The smallest absolute Gasteiger partial charge is 0.212 e. The number of nitrogens with zero attached hydrogens (tertiary/aromatic N) is 2. The number of nitrogen functional groups attached to an aromatic ring is 1. The second-order valence-electron chi connectivity index (χ2n) is 5.89. The van der Waals surface area contributed by atoms with Gasteiger partial charge in [0.2, 0.25) is 9.84 Å². The van der Waals surface area contributed by atoms with E-state index in [4.69, 9.17) is 5.73 Å². The monoisotopic (exact) mass is 364 g/mol. The van der Waals surface area contributed by atoms with Gasteiger partial charge in [0, 0.05) is 5.56 Å². The van der Waals surface area contributed by atoms with E-state index in [-0.39, 0.29) is 15.6 Å². The molecule has 0 radical (unpaired) electrons. The zero-order valence-corrected chi connectivity index (χ0v) is 14.8. The van der Waals surface area contributed by atoms with Gasteiger partial charge >= 0.3 is 0 Å². The average Bonchev–Trinajstić information content (AvgIpc) is 2.99.